The first-order chi connectivity index (χ1) is 9.56. The van der Waals surface area contributed by atoms with Crippen molar-refractivity contribution >= 4 is 35.0 Å². The van der Waals surface area contributed by atoms with Crippen molar-refractivity contribution < 1.29 is 14.3 Å². The van der Waals surface area contributed by atoms with Crippen molar-refractivity contribution in [3.63, 3.8) is 0 Å². The maximum Gasteiger partial charge on any atom is 0.409 e. The second kappa shape index (κ2) is 6.47. The minimum atomic E-state index is -0.313. The molecule has 0 aromatic heterocycles. The van der Waals surface area contributed by atoms with E-state index in [0.29, 0.717) is 48.9 Å². The number of nitrogen functional groups attached to an aromatic ring is 1. The quantitative estimate of drug-likeness (QED) is 0.815. The summed E-state index contributed by atoms with van der Waals surface area (Å²) >= 11 is 5.78. The van der Waals surface area contributed by atoms with E-state index >= 15 is 0 Å². The molecule has 6 nitrogen and oxygen atoms in total. The minimum absolute atomic E-state index is 0.147. The maximum absolute atomic E-state index is 11.8. The molecule has 0 radical (unpaired) electrons. The van der Waals surface area contributed by atoms with Gasteiger partial charge in [0.15, 0.2) is 0 Å². The Kier molecular flexibility index (Phi) is 4.68. The lowest BCUT2D eigenvalue weighted by Gasteiger charge is -2.12. The summed E-state index contributed by atoms with van der Waals surface area (Å²) in [4.78, 5) is 24.5. The minimum Gasteiger partial charge on any atom is -0.448 e. The molecule has 0 atom stereocenters. The van der Waals surface area contributed by atoms with E-state index in [-0.39, 0.29) is 12.0 Å². The molecule has 1 aromatic rings. The molecule has 1 fully saturated rings. The Balaban J connectivity index is 1.76. The molecular weight excluding hydrogens is 282 g/mol. The van der Waals surface area contributed by atoms with Gasteiger partial charge in [0.1, 0.15) is 6.61 Å². The van der Waals surface area contributed by atoms with Crippen LogP contribution in [0, 0.1) is 0 Å². The average molecular weight is 298 g/mol. The SMILES string of the molecule is Nc1cc(Cl)ccc1NC(=O)CCCN1CCOC1=O. The van der Waals surface area contributed by atoms with Crippen molar-refractivity contribution in [2.45, 2.75) is 12.8 Å². The third kappa shape index (κ3) is 3.77. The highest BCUT2D eigenvalue weighted by atomic mass is 35.5. The second-order valence-corrected chi connectivity index (χ2v) is 4.92. The van der Waals surface area contributed by atoms with Crippen molar-refractivity contribution in [1.29, 1.82) is 0 Å². The van der Waals surface area contributed by atoms with E-state index in [1.54, 1.807) is 23.1 Å². The number of halogens is 1. The molecule has 1 aliphatic heterocycles. The zero-order valence-electron chi connectivity index (χ0n) is 10.9. The van der Waals surface area contributed by atoms with E-state index < -0.39 is 0 Å². The van der Waals surface area contributed by atoms with Crippen molar-refractivity contribution in [1.82, 2.24) is 4.90 Å². The fraction of sp³-hybridized carbons (Fsp3) is 0.385. The average Bonchev–Trinajstić information content (AvgIpc) is 2.79. The van der Waals surface area contributed by atoms with Crippen LogP contribution in [0.1, 0.15) is 12.8 Å². The predicted octanol–water partition coefficient (Wildman–Crippen LogP) is 2.09. The summed E-state index contributed by atoms with van der Waals surface area (Å²) in [6.45, 7) is 1.53. The van der Waals surface area contributed by atoms with Crippen LogP contribution in [0.3, 0.4) is 0 Å². The number of cyclic esters (lactones) is 1. The summed E-state index contributed by atoms with van der Waals surface area (Å²) in [5.74, 6) is -0.147. The van der Waals surface area contributed by atoms with Crippen molar-refractivity contribution in [2.24, 2.45) is 0 Å². The fourth-order valence-electron chi connectivity index (χ4n) is 1.92. The highest BCUT2D eigenvalue weighted by molar-refractivity contribution is 6.31. The molecule has 0 bridgehead atoms. The molecule has 7 heteroatoms. The van der Waals surface area contributed by atoms with E-state index in [9.17, 15) is 9.59 Å². The van der Waals surface area contributed by atoms with E-state index in [1.807, 2.05) is 0 Å². The summed E-state index contributed by atoms with van der Waals surface area (Å²) in [7, 11) is 0. The maximum atomic E-state index is 11.8. The van der Waals surface area contributed by atoms with Gasteiger partial charge in [0.05, 0.1) is 17.9 Å². The number of hydrogen-bond donors (Lipinski definition) is 2. The Morgan fingerprint density at radius 3 is 2.95 bits per heavy atom. The number of hydrogen-bond acceptors (Lipinski definition) is 4. The van der Waals surface area contributed by atoms with Crippen LogP contribution in [-0.4, -0.2) is 36.6 Å². The van der Waals surface area contributed by atoms with Gasteiger partial charge in [-0.15, -0.1) is 0 Å². The molecule has 2 rings (SSSR count). The molecule has 1 saturated heterocycles. The van der Waals surface area contributed by atoms with E-state index in [2.05, 4.69) is 5.32 Å². The lowest BCUT2D eigenvalue weighted by Crippen LogP contribution is -2.26. The third-order valence-corrected chi connectivity index (χ3v) is 3.20. The summed E-state index contributed by atoms with van der Waals surface area (Å²) in [6.07, 6.45) is 0.577. The monoisotopic (exact) mass is 297 g/mol. The Hall–Kier alpha value is -1.95. The molecule has 2 amide bonds. The molecule has 108 valence electrons. The zero-order valence-corrected chi connectivity index (χ0v) is 11.7. The Labute approximate surface area is 121 Å². The van der Waals surface area contributed by atoms with Crippen LogP contribution in [-0.2, 0) is 9.53 Å². The number of rotatable bonds is 5. The van der Waals surface area contributed by atoms with Crippen molar-refractivity contribution in [3.05, 3.63) is 23.2 Å². The molecule has 1 heterocycles. The number of nitrogens with zero attached hydrogens (tertiary/aromatic N) is 1. The van der Waals surface area contributed by atoms with E-state index in [1.165, 1.54) is 0 Å². The molecule has 20 heavy (non-hydrogen) atoms. The number of nitrogens with two attached hydrogens (primary N) is 1. The summed E-state index contributed by atoms with van der Waals surface area (Å²) in [5.41, 5.74) is 6.71. The highest BCUT2D eigenvalue weighted by Gasteiger charge is 2.21. The molecule has 3 N–H and O–H groups in total. The Morgan fingerprint density at radius 1 is 1.50 bits per heavy atom. The van der Waals surface area contributed by atoms with Gasteiger partial charge >= 0.3 is 6.09 Å². The van der Waals surface area contributed by atoms with Gasteiger partial charge in [-0.2, -0.15) is 0 Å². The summed E-state index contributed by atoms with van der Waals surface area (Å²) in [6, 6.07) is 4.90. The lowest BCUT2D eigenvalue weighted by molar-refractivity contribution is -0.116. The van der Waals surface area contributed by atoms with Gasteiger partial charge in [0, 0.05) is 18.0 Å². The molecular formula is C13H16ClN3O3. The molecule has 0 spiro atoms. The van der Waals surface area contributed by atoms with Crippen molar-refractivity contribution in [3.8, 4) is 0 Å². The number of ether oxygens (including phenoxy) is 1. The number of carbonyl (C=O) groups excluding carboxylic acids is 2. The van der Waals surface area contributed by atoms with Crippen LogP contribution in [0.5, 0.6) is 0 Å². The van der Waals surface area contributed by atoms with Gasteiger partial charge in [-0.3, -0.25) is 4.79 Å². The number of amides is 2. The fourth-order valence-corrected chi connectivity index (χ4v) is 2.10. The molecule has 1 aliphatic rings. The van der Waals surface area contributed by atoms with Gasteiger partial charge in [0.2, 0.25) is 5.91 Å². The number of anilines is 2. The number of nitrogens with one attached hydrogen (secondary N) is 1. The van der Waals surface area contributed by atoms with Crippen LogP contribution in [0.15, 0.2) is 18.2 Å². The number of benzene rings is 1. The smallest absolute Gasteiger partial charge is 0.409 e. The Bertz CT molecular complexity index is 522. The highest BCUT2D eigenvalue weighted by Crippen LogP contribution is 2.22. The first-order valence-corrected chi connectivity index (χ1v) is 6.70. The van der Waals surface area contributed by atoms with Crippen molar-refractivity contribution in [2.75, 3.05) is 30.7 Å². The number of carbonyl (C=O) groups is 2. The van der Waals surface area contributed by atoms with Crippen LogP contribution in [0.25, 0.3) is 0 Å². The van der Waals surface area contributed by atoms with Gasteiger partial charge < -0.3 is 20.7 Å². The standard InChI is InChI=1S/C13H16ClN3O3/c14-9-3-4-11(10(15)8-9)16-12(18)2-1-5-17-6-7-20-13(17)19/h3-4,8H,1-2,5-7,15H2,(H,16,18). The second-order valence-electron chi connectivity index (χ2n) is 4.48. The largest absolute Gasteiger partial charge is 0.448 e. The van der Waals surface area contributed by atoms with Gasteiger partial charge in [-0.1, -0.05) is 11.6 Å². The summed E-state index contributed by atoms with van der Waals surface area (Å²) in [5, 5.41) is 3.24. The van der Waals surface area contributed by atoms with Gasteiger partial charge in [-0.05, 0) is 24.6 Å². The lowest BCUT2D eigenvalue weighted by atomic mass is 10.2. The molecule has 0 aliphatic carbocycles. The molecule has 0 unspecified atom stereocenters. The zero-order chi connectivity index (χ0) is 14.5. The van der Waals surface area contributed by atoms with E-state index in [4.69, 9.17) is 22.1 Å². The van der Waals surface area contributed by atoms with E-state index in [0.717, 1.165) is 0 Å². The first-order valence-electron chi connectivity index (χ1n) is 6.33. The molecule has 0 saturated carbocycles. The predicted molar refractivity (Wildman–Crippen MR) is 76.6 cm³/mol. The van der Waals surface area contributed by atoms with Crippen LogP contribution < -0.4 is 11.1 Å². The van der Waals surface area contributed by atoms with Crippen LogP contribution in [0.2, 0.25) is 5.02 Å². The topological polar surface area (TPSA) is 84.7 Å². The van der Waals surface area contributed by atoms with Gasteiger partial charge in [0.25, 0.3) is 0 Å². The first kappa shape index (κ1) is 14.5. The summed E-state index contributed by atoms with van der Waals surface area (Å²) < 4.78 is 4.80. The molecule has 1 aromatic carbocycles. The van der Waals surface area contributed by atoms with Gasteiger partial charge in [-0.25, -0.2) is 4.79 Å². The Morgan fingerprint density at radius 2 is 2.30 bits per heavy atom. The third-order valence-electron chi connectivity index (χ3n) is 2.96. The van der Waals surface area contributed by atoms with Crippen LogP contribution >= 0.6 is 11.6 Å². The van der Waals surface area contributed by atoms with Crippen LogP contribution in [0.4, 0.5) is 16.2 Å². The normalized spacial score (nSPS) is 14.2.